The van der Waals surface area contributed by atoms with Gasteiger partial charge in [0.1, 0.15) is 16.4 Å². The Morgan fingerprint density at radius 2 is 1.54 bits per heavy atom. The third-order valence-corrected chi connectivity index (χ3v) is 6.94. The summed E-state index contributed by atoms with van der Waals surface area (Å²) in [6, 6.07) is 18.0. The van der Waals surface area contributed by atoms with Crippen molar-refractivity contribution in [2.24, 2.45) is 5.92 Å². The molecule has 0 radical (unpaired) electrons. The van der Waals surface area contributed by atoms with Crippen LogP contribution in [0.5, 0.6) is 0 Å². The Bertz CT molecular complexity index is 1380. The van der Waals surface area contributed by atoms with Crippen LogP contribution in [-0.2, 0) is 14.4 Å². The molecule has 8 heteroatoms. The van der Waals surface area contributed by atoms with E-state index in [4.69, 9.17) is 0 Å². The Balaban J connectivity index is 1.63. The van der Waals surface area contributed by atoms with Crippen LogP contribution >= 0.6 is 11.8 Å². The van der Waals surface area contributed by atoms with E-state index in [0.29, 0.717) is 17.8 Å². The molecular formula is C29H28FN3O3S. The zero-order chi connectivity index (χ0) is 26.7. The number of hydrogen-bond acceptors (Lipinski definition) is 5. The minimum Gasteiger partial charge on any atom is -0.350 e. The fourth-order valence-electron chi connectivity index (χ4n) is 3.81. The summed E-state index contributed by atoms with van der Waals surface area (Å²) in [5.74, 6) is -1.29. The lowest BCUT2D eigenvalue weighted by molar-refractivity contribution is -0.120. The number of nitrogens with one attached hydrogen (secondary N) is 2. The van der Waals surface area contributed by atoms with Gasteiger partial charge in [0.25, 0.3) is 11.8 Å². The highest BCUT2D eigenvalue weighted by Crippen LogP contribution is 2.38. The summed E-state index contributed by atoms with van der Waals surface area (Å²) in [6.07, 6.45) is 0.423. The maximum atomic E-state index is 13.5. The Labute approximate surface area is 219 Å². The summed E-state index contributed by atoms with van der Waals surface area (Å²) < 4.78 is 13.5. The van der Waals surface area contributed by atoms with Crippen LogP contribution < -0.4 is 15.5 Å². The lowest BCUT2D eigenvalue weighted by Gasteiger charge is -2.15. The quantitative estimate of drug-likeness (QED) is 0.337. The SMILES string of the molecule is Cc1ccc(NC2=C(Sc3ccc(NC(=O)CC(C)C)cc3)C(=O)N(c3ccc(F)cc3)C2=O)cc1C. The van der Waals surface area contributed by atoms with Gasteiger partial charge in [-0.15, -0.1) is 0 Å². The first-order valence-corrected chi connectivity index (χ1v) is 12.7. The number of imide groups is 1. The molecule has 0 atom stereocenters. The van der Waals surface area contributed by atoms with Gasteiger partial charge in [-0.3, -0.25) is 14.4 Å². The van der Waals surface area contributed by atoms with Crippen LogP contribution in [0.3, 0.4) is 0 Å². The van der Waals surface area contributed by atoms with Crippen LogP contribution in [0.15, 0.2) is 82.2 Å². The molecule has 37 heavy (non-hydrogen) atoms. The van der Waals surface area contributed by atoms with Gasteiger partial charge in [-0.05, 0) is 91.6 Å². The fourth-order valence-corrected chi connectivity index (χ4v) is 4.74. The summed E-state index contributed by atoms with van der Waals surface area (Å²) in [6.45, 7) is 7.92. The van der Waals surface area contributed by atoms with E-state index in [9.17, 15) is 18.8 Å². The first-order valence-electron chi connectivity index (χ1n) is 11.9. The smallest absolute Gasteiger partial charge is 0.283 e. The molecule has 2 N–H and O–H groups in total. The van der Waals surface area contributed by atoms with Gasteiger partial charge in [0, 0.05) is 22.7 Å². The maximum absolute atomic E-state index is 13.5. The van der Waals surface area contributed by atoms with Gasteiger partial charge < -0.3 is 10.6 Å². The number of thioether (sulfide) groups is 1. The van der Waals surface area contributed by atoms with E-state index in [0.717, 1.165) is 32.7 Å². The standard InChI is InChI=1S/C29H28FN3O3S/c1-17(2)15-25(34)31-21-9-13-24(14-10-21)37-27-26(32-22-8-5-18(3)19(4)16-22)28(35)33(29(27)36)23-11-6-20(30)7-12-23/h5-14,16-17,32H,15H2,1-4H3,(H,31,34). The largest absolute Gasteiger partial charge is 0.350 e. The van der Waals surface area contributed by atoms with Crippen molar-refractivity contribution in [1.29, 1.82) is 0 Å². The topological polar surface area (TPSA) is 78.5 Å². The molecule has 1 heterocycles. The zero-order valence-corrected chi connectivity index (χ0v) is 21.9. The minimum absolute atomic E-state index is 0.0653. The summed E-state index contributed by atoms with van der Waals surface area (Å²) in [7, 11) is 0. The maximum Gasteiger partial charge on any atom is 0.283 e. The highest BCUT2D eigenvalue weighted by Gasteiger charge is 2.40. The average Bonchev–Trinajstić information content (AvgIpc) is 3.06. The van der Waals surface area contributed by atoms with Crippen molar-refractivity contribution >= 4 is 46.5 Å². The van der Waals surface area contributed by atoms with Crippen molar-refractivity contribution in [3.63, 3.8) is 0 Å². The Morgan fingerprint density at radius 3 is 2.16 bits per heavy atom. The van der Waals surface area contributed by atoms with Crippen molar-refractivity contribution in [2.75, 3.05) is 15.5 Å². The molecule has 0 saturated heterocycles. The van der Waals surface area contributed by atoms with E-state index < -0.39 is 17.6 Å². The van der Waals surface area contributed by atoms with Gasteiger partial charge in [0.05, 0.1) is 5.69 Å². The predicted octanol–water partition coefficient (Wildman–Crippen LogP) is 6.42. The van der Waals surface area contributed by atoms with Crippen LogP contribution in [0.1, 0.15) is 31.4 Å². The van der Waals surface area contributed by atoms with Crippen LogP contribution in [0.2, 0.25) is 0 Å². The predicted molar refractivity (Wildman–Crippen MR) is 146 cm³/mol. The van der Waals surface area contributed by atoms with Gasteiger partial charge in [-0.2, -0.15) is 0 Å². The van der Waals surface area contributed by atoms with E-state index in [2.05, 4.69) is 10.6 Å². The number of amides is 3. The van der Waals surface area contributed by atoms with E-state index >= 15 is 0 Å². The molecule has 1 aliphatic heterocycles. The van der Waals surface area contributed by atoms with Crippen LogP contribution in [0.4, 0.5) is 21.5 Å². The third-order valence-electron chi connectivity index (χ3n) is 5.85. The molecular weight excluding hydrogens is 489 g/mol. The molecule has 3 amide bonds. The first-order chi connectivity index (χ1) is 17.6. The van der Waals surface area contributed by atoms with Gasteiger partial charge in [-0.25, -0.2) is 9.29 Å². The second-order valence-electron chi connectivity index (χ2n) is 9.32. The lowest BCUT2D eigenvalue weighted by atomic mass is 10.1. The fraction of sp³-hybridized carbons (Fsp3) is 0.207. The number of nitrogens with zero attached hydrogens (tertiary/aromatic N) is 1. The third kappa shape index (κ3) is 6.09. The molecule has 3 aromatic carbocycles. The number of halogens is 1. The van der Waals surface area contributed by atoms with E-state index in [1.54, 1.807) is 24.3 Å². The summed E-state index contributed by atoms with van der Waals surface area (Å²) in [5, 5.41) is 6.00. The molecule has 0 saturated carbocycles. The number of rotatable bonds is 8. The molecule has 190 valence electrons. The number of aryl methyl sites for hydroxylation is 2. The van der Waals surface area contributed by atoms with E-state index in [1.807, 2.05) is 45.9 Å². The molecule has 0 aliphatic carbocycles. The number of carbonyl (C=O) groups is 3. The van der Waals surface area contributed by atoms with E-state index in [1.165, 1.54) is 24.3 Å². The number of carbonyl (C=O) groups excluding carboxylic acids is 3. The molecule has 0 bridgehead atoms. The van der Waals surface area contributed by atoms with E-state index in [-0.39, 0.29) is 28.1 Å². The molecule has 1 aliphatic rings. The Morgan fingerprint density at radius 1 is 0.892 bits per heavy atom. The molecule has 0 aromatic heterocycles. The summed E-state index contributed by atoms with van der Waals surface area (Å²) in [5.41, 5.74) is 3.92. The van der Waals surface area contributed by atoms with Crippen molar-refractivity contribution in [3.05, 3.63) is 94.3 Å². The molecule has 4 rings (SSSR count). The van der Waals surface area contributed by atoms with Crippen molar-refractivity contribution in [2.45, 2.75) is 39.0 Å². The number of hydrogen-bond donors (Lipinski definition) is 2. The molecule has 0 spiro atoms. The highest BCUT2D eigenvalue weighted by molar-refractivity contribution is 8.04. The van der Waals surface area contributed by atoms with Gasteiger partial charge in [0.2, 0.25) is 5.91 Å². The second-order valence-corrected chi connectivity index (χ2v) is 10.4. The molecule has 6 nitrogen and oxygen atoms in total. The monoisotopic (exact) mass is 517 g/mol. The Hall–Kier alpha value is -3.91. The summed E-state index contributed by atoms with van der Waals surface area (Å²) >= 11 is 1.16. The summed E-state index contributed by atoms with van der Waals surface area (Å²) in [4.78, 5) is 41.0. The minimum atomic E-state index is -0.519. The van der Waals surface area contributed by atoms with Crippen molar-refractivity contribution in [3.8, 4) is 0 Å². The first kappa shape index (κ1) is 26.2. The van der Waals surface area contributed by atoms with Crippen LogP contribution in [0.25, 0.3) is 0 Å². The lowest BCUT2D eigenvalue weighted by Crippen LogP contribution is -2.32. The van der Waals surface area contributed by atoms with Crippen LogP contribution in [0, 0.1) is 25.6 Å². The average molecular weight is 518 g/mol. The van der Waals surface area contributed by atoms with Gasteiger partial charge >= 0.3 is 0 Å². The second kappa shape index (κ2) is 11.0. The Kier molecular flexibility index (Phi) is 7.78. The van der Waals surface area contributed by atoms with Gasteiger partial charge in [-0.1, -0.05) is 31.7 Å². The molecule has 0 fully saturated rings. The normalized spacial score (nSPS) is 13.5. The number of anilines is 3. The van der Waals surface area contributed by atoms with Crippen molar-refractivity contribution < 1.29 is 18.8 Å². The van der Waals surface area contributed by atoms with Crippen LogP contribution in [-0.4, -0.2) is 17.7 Å². The molecule has 0 unspecified atom stereocenters. The highest BCUT2D eigenvalue weighted by atomic mass is 32.2. The zero-order valence-electron chi connectivity index (χ0n) is 21.1. The van der Waals surface area contributed by atoms with Gasteiger partial charge in [0.15, 0.2) is 0 Å². The molecule has 3 aromatic rings. The van der Waals surface area contributed by atoms with Crippen molar-refractivity contribution in [1.82, 2.24) is 0 Å². The number of benzene rings is 3.